The number of carbonyl (C=O) groups is 1. The van der Waals surface area contributed by atoms with Crippen LogP contribution in [0, 0.1) is 12.8 Å². The van der Waals surface area contributed by atoms with E-state index in [4.69, 9.17) is 22.1 Å². The Balaban J connectivity index is 0.00000169. The molecule has 1 spiro atoms. The first-order chi connectivity index (χ1) is 11.4. The van der Waals surface area contributed by atoms with Crippen LogP contribution < -0.4 is 11.2 Å². The van der Waals surface area contributed by atoms with Gasteiger partial charge in [-0.25, -0.2) is 10.2 Å². The number of amides is 1. The van der Waals surface area contributed by atoms with E-state index >= 15 is 0 Å². The molecule has 9 heteroatoms. The maximum absolute atomic E-state index is 11.8. The lowest BCUT2D eigenvalue weighted by molar-refractivity contribution is 0.0158. The molecule has 6 nitrogen and oxygen atoms in total. The van der Waals surface area contributed by atoms with Crippen molar-refractivity contribution in [1.29, 1.82) is 0 Å². The number of hydrazone groups is 1. The molecule has 1 saturated carbocycles. The van der Waals surface area contributed by atoms with Crippen molar-refractivity contribution < 1.29 is 9.53 Å². The first kappa shape index (κ1) is 23.0. The second-order valence-corrected chi connectivity index (χ2v) is 7.33. The van der Waals surface area contributed by atoms with Crippen LogP contribution in [0.25, 0.3) is 0 Å². The zero-order valence-corrected chi connectivity index (χ0v) is 17.2. The summed E-state index contributed by atoms with van der Waals surface area (Å²) in [6.07, 6.45) is 5.52. The predicted molar refractivity (Wildman–Crippen MR) is 108 cm³/mol. The van der Waals surface area contributed by atoms with E-state index in [1.54, 1.807) is 12.3 Å². The van der Waals surface area contributed by atoms with Gasteiger partial charge in [-0.15, -0.1) is 24.8 Å². The molecule has 3 rings (SSSR count). The second-order valence-electron chi connectivity index (χ2n) is 6.92. The predicted octanol–water partition coefficient (Wildman–Crippen LogP) is 4.00. The molecule has 1 fully saturated rings. The third kappa shape index (κ3) is 4.80. The zero-order valence-electron chi connectivity index (χ0n) is 14.8. The number of rotatable bonds is 3. The van der Waals surface area contributed by atoms with Crippen LogP contribution in [0.4, 0.5) is 4.79 Å². The Labute approximate surface area is 171 Å². The number of hydrogen-bond donors (Lipinski definition) is 2. The van der Waals surface area contributed by atoms with E-state index in [1.807, 2.05) is 13.8 Å². The van der Waals surface area contributed by atoms with Crippen molar-refractivity contribution in [3.05, 3.63) is 28.5 Å². The standard InChI is InChI=1S/C17H23ClN4O2.2ClH/c1-10(19)7-12-3-5-17(6-4-12)15(21-22-16(23)24-17)13-9-20-11(2)8-14(13)18;;/h8-10,12H,3-7,19H2,1-2H3,(H,22,23);2*1H. The lowest BCUT2D eigenvalue weighted by Crippen LogP contribution is -2.52. The minimum atomic E-state index is -0.725. The van der Waals surface area contributed by atoms with E-state index < -0.39 is 11.7 Å². The molecular weight excluding hydrogens is 399 g/mol. The minimum absolute atomic E-state index is 0. The average molecular weight is 424 g/mol. The number of nitrogens with one attached hydrogen (secondary N) is 1. The summed E-state index contributed by atoms with van der Waals surface area (Å²) in [6, 6.07) is 1.98. The fourth-order valence-corrected chi connectivity index (χ4v) is 4.00. The SMILES string of the molecule is Cc1cc(Cl)c(C2=NNC(=O)OC23CCC(CC(C)N)CC3)cn1.Cl.Cl. The molecule has 2 heterocycles. The molecule has 2 aliphatic rings. The van der Waals surface area contributed by atoms with Crippen LogP contribution in [0.15, 0.2) is 17.4 Å². The van der Waals surface area contributed by atoms with E-state index in [1.165, 1.54) is 0 Å². The van der Waals surface area contributed by atoms with Crippen molar-refractivity contribution >= 4 is 48.2 Å². The van der Waals surface area contributed by atoms with Crippen LogP contribution >= 0.6 is 36.4 Å². The summed E-state index contributed by atoms with van der Waals surface area (Å²) >= 11 is 6.39. The van der Waals surface area contributed by atoms with Gasteiger partial charge >= 0.3 is 6.09 Å². The van der Waals surface area contributed by atoms with Gasteiger partial charge in [0.1, 0.15) is 5.71 Å². The summed E-state index contributed by atoms with van der Waals surface area (Å²) in [7, 11) is 0. The Kier molecular flexibility index (Phi) is 8.14. The topological polar surface area (TPSA) is 89.6 Å². The van der Waals surface area contributed by atoms with Gasteiger partial charge in [0.05, 0.1) is 5.02 Å². The van der Waals surface area contributed by atoms with E-state index in [2.05, 4.69) is 15.5 Å². The van der Waals surface area contributed by atoms with Gasteiger partial charge in [-0.1, -0.05) is 11.6 Å². The highest BCUT2D eigenvalue weighted by molar-refractivity contribution is 6.34. The molecule has 3 N–H and O–H groups in total. The van der Waals surface area contributed by atoms with Gasteiger partial charge in [-0.3, -0.25) is 4.98 Å². The second kappa shape index (κ2) is 9.22. The van der Waals surface area contributed by atoms with Gasteiger partial charge in [0.2, 0.25) is 0 Å². The summed E-state index contributed by atoms with van der Waals surface area (Å²) < 4.78 is 5.72. The van der Waals surface area contributed by atoms with Crippen molar-refractivity contribution in [2.45, 2.75) is 57.6 Å². The molecule has 146 valence electrons. The van der Waals surface area contributed by atoms with Gasteiger partial charge in [0, 0.05) is 23.5 Å². The maximum Gasteiger partial charge on any atom is 0.428 e. The van der Waals surface area contributed by atoms with Crippen molar-refractivity contribution in [2.24, 2.45) is 16.8 Å². The number of halogens is 3. The number of pyridine rings is 1. The number of nitrogens with two attached hydrogens (primary N) is 1. The Morgan fingerprint density at radius 3 is 2.65 bits per heavy atom. The number of ether oxygens (including phenoxy) is 1. The van der Waals surface area contributed by atoms with Gasteiger partial charge in [0.15, 0.2) is 5.60 Å². The highest BCUT2D eigenvalue weighted by atomic mass is 35.5. The summed E-state index contributed by atoms with van der Waals surface area (Å²) in [5.74, 6) is 0.553. The number of carbonyl (C=O) groups excluding carboxylic acids is 1. The lowest BCUT2D eigenvalue weighted by Gasteiger charge is -2.42. The minimum Gasteiger partial charge on any atom is -0.435 e. The number of aryl methyl sites for hydroxylation is 1. The third-order valence-electron chi connectivity index (χ3n) is 4.84. The Bertz CT molecular complexity index is 674. The molecule has 0 bridgehead atoms. The lowest BCUT2D eigenvalue weighted by atomic mass is 9.73. The molecular formula is C17H25Cl3N4O2. The van der Waals surface area contributed by atoms with E-state index in [0.717, 1.165) is 37.8 Å². The molecule has 1 atom stereocenters. The normalized spacial score (nSPS) is 25.9. The number of hydrogen-bond acceptors (Lipinski definition) is 5. The molecule has 1 aromatic rings. The van der Waals surface area contributed by atoms with E-state index in [9.17, 15) is 4.79 Å². The van der Waals surface area contributed by atoms with Gasteiger partial charge in [-0.2, -0.15) is 5.10 Å². The van der Waals surface area contributed by atoms with Gasteiger partial charge in [0.25, 0.3) is 0 Å². The summed E-state index contributed by atoms with van der Waals surface area (Å²) in [5.41, 5.74) is 9.82. The van der Waals surface area contributed by atoms with Crippen LogP contribution in [0.5, 0.6) is 0 Å². The number of aromatic nitrogens is 1. The Morgan fingerprint density at radius 1 is 1.42 bits per heavy atom. The van der Waals surface area contributed by atoms with Crippen molar-refractivity contribution in [3.63, 3.8) is 0 Å². The van der Waals surface area contributed by atoms with Crippen LogP contribution in [-0.4, -0.2) is 28.4 Å². The van der Waals surface area contributed by atoms with Crippen LogP contribution in [0.2, 0.25) is 5.02 Å². The molecule has 1 aromatic heterocycles. The summed E-state index contributed by atoms with van der Waals surface area (Å²) in [4.78, 5) is 16.1. The largest absolute Gasteiger partial charge is 0.435 e. The fourth-order valence-electron chi connectivity index (χ4n) is 3.70. The number of nitrogens with zero attached hydrogens (tertiary/aromatic N) is 2. The molecule has 0 aromatic carbocycles. The van der Waals surface area contributed by atoms with Crippen molar-refractivity contribution in [3.8, 4) is 0 Å². The monoisotopic (exact) mass is 422 g/mol. The highest BCUT2D eigenvalue weighted by Crippen LogP contribution is 2.41. The first-order valence-electron chi connectivity index (χ1n) is 8.35. The Hall–Kier alpha value is -1.08. The molecule has 1 unspecified atom stereocenters. The highest BCUT2D eigenvalue weighted by Gasteiger charge is 2.46. The van der Waals surface area contributed by atoms with Crippen LogP contribution in [0.3, 0.4) is 0 Å². The molecule has 1 amide bonds. The summed E-state index contributed by atoms with van der Waals surface area (Å²) in [6.45, 7) is 3.91. The van der Waals surface area contributed by atoms with Crippen molar-refractivity contribution in [1.82, 2.24) is 10.4 Å². The fraction of sp³-hybridized carbons (Fsp3) is 0.588. The zero-order chi connectivity index (χ0) is 17.3. The van der Waals surface area contributed by atoms with E-state index in [-0.39, 0.29) is 30.9 Å². The van der Waals surface area contributed by atoms with Crippen molar-refractivity contribution in [2.75, 3.05) is 0 Å². The average Bonchev–Trinajstić information content (AvgIpc) is 2.51. The van der Waals surface area contributed by atoms with E-state index in [0.29, 0.717) is 22.2 Å². The third-order valence-corrected chi connectivity index (χ3v) is 5.15. The molecule has 0 radical (unpaired) electrons. The van der Waals surface area contributed by atoms with Gasteiger partial charge in [-0.05, 0) is 57.9 Å². The quantitative estimate of drug-likeness (QED) is 0.769. The smallest absolute Gasteiger partial charge is 0.428 e. The molecule has 1 aliphatic heterocycles. The first-order valence-corrected chi connectivity index (χ1v) is 8.73. The van der Waals surface area contributed by atoms with Crippen LogP contribution in [0.1, 0.15) is 50.3 Å². The molecule has 0 saturated heterocycles. The van der Waals surface area contributed by atoms with Crippen LogP contribution in [-0.2, 0) is 4.74 Å². The molecule has 26 heavy (non-hydrogen) atoms. The maximum atomic E-state index is 11.8. The molecule has 1 aliphatic carbocycles. The van der Waals surface area contributed by atoms with Gasteiger partial charge < -0.3 is 10.5 Å². The summed E-state index contributed by atoms with van der Waals surface area (Å²) in [5, 5.41) is 4.84. The Morgan fingerprint density at radius 2 is 2.08 bits per heavy atom.